The quantitative estimate of drug-likeness (QED) is 0.650. The van der Waals surface area contributed by atoms with Crippen molar-refractivity contribution >= 4 is 6.29 Å². The molecule has 2 heteroatoms. The Bertz CT molecular complexity index is 243. The van der Waals surface area contributed by atoms with Crippen molar-refractivity contribution in [2.75, 3.05) is 6.61 Å². The van der Waals surface area contributed by atoms with Gasteiger partial charge in [-0.25, -0.2) is 0 Å². The molecule has 1 radical (unpaired) electrons. The Morgan fingerprint density at radius 1 is 1.45 bits per heavy atom. The van der Waals surface area contributed by atoms with Gasteiger partial charge in [0, 0.05) is 0 Å². The van der Waals surface area contributed by atoms with Gasteiger partial charge in [-0.15, -0.1) is 0 Å². The van der Waals surface area contributed by atoms with Gasteiger partial charge in [0.25, 0.3) is 0 Å². The molecule has 11 heavy (non-hydrogen) atoms. The normalized spacial score (nSPS) is 9.18. The highest BCUT2D eigenvalue weighted by molar-refractivity contribution is 5.52. The van der Waals surface area contributed by atoms with Crippen LogP contribution < -0.4 is 4.74 Å². The van der Waals surface area contributed by atoms with E-state index in [0.29, 0.717) is 0 Å². The molecule has 0 aliphatic heterocycles. The topological polar surface area (TPSA) is 26.3 Å². The van der Waals surface area contributed by atoms with Crippen LogP contribution in [0.5, 0.6) is 5.75 Å². The molecule has 0 N–H and O–H groups in total. The van der Waals surface area contributed by atoms with E-state index in [-0.39, 0.29) is 6.61 Å². The number of ether oxygens (including phenoxy) is 1. The molecule has 0 saturated heterocycles. The average molecular weight is 149 g/mol. The highest BCUT2D eigenvalue weighted by Gasteiger charge is 1.95. The van der Waals surface area contributed by atoms with Gasteiger partial charge in [-0.2, -0.15) is 0 Å². The fourth-order valence-corrected chi connectivity index (χ4v) is 0.826. The van der Waals surface area contributed by atoms with Gasteiger partial charge in [0.15, 0.2) is 6.61 Å². The molecule has 0 fully saturated rings. The molecule has 1 rings (SSSR count). The minimum absolute atomic E-state index is 0.00481. The largest absolute Gasteiger partial charge is 0.485 e. The van der Waals surface area contributed by atoms with Crippen LogP contribution in [0.3, 0.4) is 0 Å². The molecule has 57 valence electrons. The average Bonchev–Trinajstić information content (AvgIpc) is 2.03. The van der Waals surface area contributed by atoms with Gasteiger partial charge in [0.2, 0.25) is 6.29 Å². The van der Waals surface area contributed by atoms with E-state index in [9.17, 15) is 4.79 Å². The summed E-state index contributed by atoms with van der Waals surface area (Å²) in [5, 5.41) is 0. The third kappa shape index (κ3) is 2.08. The van der Waals surface area contributed by atoms with E-state index < -0.39 is 0 Å². The smallest absolute Gasteiger partial charge is 0.239 e. The van der Waals surface area contributed by atoms with Crippen LogP contribution in [0.15, 0.2) is 24.3 Å². The summed E-state index contributed by atoms with van der Waals surface area (Å²) < 4.78 is 5.06. The molecule has 0 saturated carbocycles. The van der Waals surface area contributed by atoms with Crippen molar-refractivity contribution in [3.63, 3.8) is 0 Å². The van der Waals surface area contributed by atoms with E-state index in [1.54, 1.807) is 6.29 Å². The second kappa shape index (κ2) is 3.76. The van der Waals surface area contributed by atoms with Crippen LogP contribution in [0.2, 0.25) is 0 Å². The summed E-state index contributed by atoms with van der Waals surface area (Å²) in [4.78, 5) is 9.84. The first kappa shape index (κ1) is 7.79. The van der Waals surface area contributed by atoms with Crippen LogP contribution >= 0.6 is 0 Å². The molecule has 0 atom stereocenters. The Labute approximate surface area is 65.8 Å². The minimum atomic E-state index is 0.00481. The standard InChI is InChI=1S/C9H9O2/c1-8-4-2-3-5-9(8)11-7-6-10/h2-5H,7H2,1H3. The van der Waals surface area contributed by atoms with E-state index in [4.69, 9.17) is 4.74 Å². The van der Waals surface area contributed by atoms with Crippen molar-refractivity contribution in [1.29, 1.82) is 0 Å². The molecular weight excluding hydrogens is 140 g/mol. The van der Waals surface area contributed by atoms with Gasteiger partial charge in [0.1, 0.15) is 5.75 Å². The summed E-state index contributed by atoms with van der Waals surface area (Å²) in [6, 6.07) is 7.55. The summed E-state index contributed by atoms with van der Waals surface area (Å²) in [6.07, 6.45) is 1.67. The molecule has 0 heterocycles. The Morgan fingerprint density at radius 3 is 2.82 bits per heavy atom. The summed E-state index contributed by atoms with van der Waals surface area (Å²) in [6.45, 7) is 1.94. The van der Waals surface area contributed by atoms with E-state index in [2.05, 4.69) is 0 Å². The van der Waals surface area contributed by atoms with Gasteiger partial charge in [0.05, 0.1) is 0 Å². The lowest BCUT2D eigenvalue weighted by Gasteiger charge is -2.03. The van der Waals surface area contributed by atoms with E-state index in [0.717, 1.165) is 11.3 Å². The van der Waals surface area contributed by atoms with Gasteiger partial charge in [-0.3, -0.25) is 4.79 Å². The summed E-state index contributed by atoms with van der Waals surface area (Å²) in [5.41, 5.74) is 1.03. The molecule has 0 aliphatic rings. The number of rotatable bonds is 3. The van der Waals surface area contributed by atoms with Crippen LogP contribution in [-0.2, 0) is 4.79 Å². The monoisotopic (exact) mass is 149 g/mol. The molecule has 2 nitrogen and oxygen atoms in total. The van der Waals surface area contributed by atoms with Crippen molar-refractivity contribution in [1.82, 2.24) is 0 Å². The molecular formula is C9H9O2. The predicted molar refractivity (Wildman–Crippen MR) is 42.4 cm³/mol. The van der Waals surface area contributed by atoms with E-state index >= 15 is 0 Å². The zero-order valence-electron chi connectivity index (χ0n) is 6.33. The van der Waals surface area contributed by atoms with Crippen LogP contribution in [0.4, 0.5) is 0 Å². The highest BCUT2D eigenvalue weighted by Crippen LogP contribution is 2.15. The fraction of sp³-hybridized carbons (Fsp3) is 0.222. The Kier molecular flexibility index (Phi) is 2.66. The maximum atomic E-state index is 9.84. The van der Waals surface area contributed by atoms with E-state index in [1.165, 1.54) is 0 Å². The zero-order valence-corrected chi connectivity index (χ0v) is 6.33. The Hall–Kier alpha value is -1.31. The van der Waals surface area contributed by atoms with Gasteiger partial charge >= 0.3 is 0 Å². The third-order valence-corrected chi connectivity index (χ3v) is 1.38. The van der Waals surface area contributed by atoms with Crippen molar-refractivity contribution in [2.24, 2.45) is 0 Å². The molecule has 0 amide bonds. The van der Waals surface area contributed by atoms with Gasteiger partial charge < -0.3 is 4.74 Å². The molecule has 0 unspecified atom stereocenters. The predicted octanol–water partition coefficient (Wildman–Crippen LogP) is 1.48. The SMILES string of the molecule is Cc1ccccc1OC[C]=O. The number of para-hydroxylation sites is 1. The summed E-state index contributed by atoms with van der Waals surface area (Å²) in [5.74, 6) is 0.746. The minimum Gasteiger partial charge on any atom is -0.485 e. The van der Waals surface area contributed by atoms with E-state index in [1.807, 2.05) is 31.2 Å². The van der Waals surface area contributed by atoms with Crippen LogP contribution in [0.1, 0.15) is 5.56 Å². The molecule has 0 aliphatic carbocycles. The highest BCUT2D eigenvalue weighted by atomic mass is 16.5. The van der Waals surface area contributed by atoms with Crippen molar-refractivity contribution in [3.05, 3.63) is 29.8 Å². The first-order valence-electron chi connectivity index (χ1n) is 3.38. The van der Waals surface area contributed by atoms with Crippen molar-refractivity contribution in [3.8, 4) is 5.75 Å². The molecule has 0 aromatic heterocycles. The third-order valence-electron chi connectivity index (χ3n) is 1.38. The molecule has 0 bridgehead atoms. The van der Waals surface area contributed by atoms with Gasteiger partial charge in [-0.05, 0) is 18.6 Å². The number of hydrogen-bond acceptors (Lipinski definition) is 2. The maximum Gasteiger partial charge on any atom is 0.239 e. The first-order valence-corrected chi connectivity index (χ1v) is 3.38. The fourth-order valence-electron chi connectivity index (χ4n) is 0.826. The number of aryl methyl sites for hydroxylation is 1. The Morgan fingerprint density at radius 2 is 2.18 bits per heavy atom. The van der Waals surface area contributed by atoms with Crippen molar-refractivity contribution in [2.45, 2.75) is 6.92 Å². The molecule has 1 aromatic rings. The second-order valence-electron chi connectivity index (χ2n) is 2.20. The maximum absolute atomic E-state index is 9.84. The number of hydrogen-bond donors (Lipinski definition) is 0. The zero-order chi connectivity index (χ0) is 8.10. The molecule has 1 aromatic carbocycles. The Balaban J connectivity index is 2.69. The van der Waals surface area contributed by atoms with Crippen LogP contribution in [0.25, 0.3) is 0 Å². The lowest BCUT2D eigenvalue weighted by molar-refractivity contribution is 0.362. The van der Waals surface area contributed by atoms with Gasteiger partial charge in [-0.1, -0.05) is 18.2 Å². The van der Waals surface area contributed by atoms with Crippen LogP contribution in [-0.4, -0.2) is 12.9 Å². The lowest BCUT2D eigenvalue weighted by atomic mass is 10.2. The number of carbonyl (C=O) groups excluding carboxylic acids is 1. The van der Waals surface area contributed by atoms with Crippen molar-refractivity contribution < 1.29 is 9.53 Å². The first-order chi connectivity index (χ1) is 5.34. The lowest BCUT2D eigenvalue weighted by Crippen LogP contribution is -1.98. The molecule has 0 spiro atoms. The van der Waals surface area contributed by atoms with Crippen LogP contribution in [0, 0.1) is 6.92 Å². The summed E-state index contributed by atoms with van der Waals surface area (Å²) in [7, 11) is 0. The summed E-state index contributed by atoms with van der Waals surface area (Å²) >= 11 is 0. The number of benzene rings is 1. The second-order valence-corrected chi connectivity index (χ2v) is 2.20.